The lowest BCUT2D eigenvalue weighted by Crippen LogP contribution is -2.35. The number of carbonyl (C=O) groups is 1. The smallest absolute Gasteiger partial charge is 0.406 e. The average Bonchev–Trinajstić information content (AvgIpc) is 2.69. The van der Waals surface area contributed by atoms with Gasteiger partial charge in [-0.25, -0.2) is 8.42 Å². The molecule has 0 unspecified atom stereocenters. The van der Waals surface area contributed by atoms with Crippen molar-refractivity contribution >= 4 is 21.6 Å². The van der Waals surface area contributed by atoms with E-state index in [0.29, 0.717) is 13.1 Å². The van der Waals surface area contributed by atoms with Crippen LogP contribution in [0.3, 0.4) is 0 Å². The summed E-state index contributed by atoms with van der Waals surface area (Å²) in [6, 6.07) is 10.2. The molecular weight excluding hydrogens is 409 g/mol. The molecule has 0 bridgehead atoms. The Morgan fingerprint density at radius 1 is 0.931 bits per heavy atom. The van der Waals surface area contributed by atoms with Crippen molar-refractivity contribution < 1.29 is 31.1 Å². The van der Waals surface area contributed by atoms with Crippen LogP contribution in [0, 0.1) is 0 Å². The Hall–Kier alpha value is -2.59. The van der Waals surface area contributed by atoms with Gasteiger partial charge in [0.1, 0.15) is 5.75 Å². The zero-order valence-electron chi connectivity index (χ0n) is 15.3. The predicted octanol–water partition coefficient (Wildman–Crippen LogP) is 4.01. The van der Waals surface area contributed by atoms with Crippen LogP contribution < -0.4 is 10.1 Å². The normalized spacial score (nSPS) is 15.7. The second kappa shape index (κ2) is 8.42. The van der Waals surface area contributed by atoms with Gasteiger partial charge in [0, 0.05) is 24.3 Å². The molecule has 6 nitrogen and oxygen atoms in total. The summed E-state index contributed by atoms with van der Waals surface area (Å²) < 4.78 is 67.0. The maximum absolute atomic E-state index is 12.6. The zero-order valence-corrected chi connectivity index (χ0v) is 16.1. The van der Waals surface area contributed by atoms with Crippen LogP contribution >= 0.6 is 0 Å². The molecule has 29 heavy (non-hydrogen) atoms. The molecule has 1 fully saturated rings. The minimum Gasteiger partial charge on any atom is -0.406 e. The lowest BCUT2D eigenvalue weighted by molar-refractivity contribution is -0.274. The van der Waals surface area contributed by atoms with Crippen molar-refractivity contribution in [3.05, 3.63) is 54.1 Å². The number of hydrogen-bond acceptors (Lipinski definition) is 4. The number of ether oxygens (including phenoxy) is 1. The first-order valence-corrected chi connectivity index (χ1v) is 10.4. The predicted molar refractivity (Wildman–Crippen MR) is 100 cm³/mol. The van der Waals surface area contributed by atoms with Crippen molar-refractivity contribution in [3.63, 3.8) is 0 Å². The summed E-state index contributed by atoms with van der Waals surface area (Å²) in [6.45, 7) is 0.969. The van der Waals surface area contributed by atoms with Crippen molar-refractivity contribution in [3.8, 4) is 5.75 Å². The number of piperidine rings is 1. The summed E-state index contributed by atoms with van der Waals surface area (Å²) in [4.78, 5) is 12.4. The lowest BCUT2D eigenvalue weighted by Gasteiger charge is -2.25. The number of rotatable bonds is 5. The number of anilines is 1. The fraction of sp³-hybridized carbons (Fsp3) is 0.316. The van der Waals surface area contributed by atoms with Gasteiger partial charge in [-0.15, -0.1) is 13.2 Å². The standard InChI is InChI=1S/C19H19F3N2O4S/c20-19(21,22)28-16-8-6-15(7-9-16)23-18(25)14-4-10-17(11-5-14)29(26,27)24-12-2-1-3-13-24/h4-11H,1-3,12-13H2,(H,23,25). The molecule has 1 amide bonds. The summed E-state index contributed by atoms with van der Waals surface area (Å²) in [5.74, 6) is -0.917. The van der Waals surface area contributed by atoms with Gasteiger partial charge in [-0.3, -0.25) is 4.79 Å². The fourth-order valence-electron chi connectivity index (χ4n) is 2.98. The van der Waals surface area contributed by atoms with Gasteiger partial charge < -0.3 is 10.1 Å². The first-order chi connectivity index (χ1) is 13.6. The molecule has 1 aliphatic rings. The van der Waals surface area contributed by atoms with Crippen LogP contribution in [0.25, 0.3) is 0 Å². The fourth-order valence-corrected chi connectivity index (χ4v) is 4.49. The highest BCUT2D eigenvalue weighted by Crippen LogP contribution is 2.24. The quantitative estimate of drug-likeness (QED) is 0.781. The highest BCUT2D eigenvalue weighted by atomic mass is 32.2. The molecule has 3 rings (SSSR count). The number of sulfonamides is 1. The van der Waals surface area contributed by atoms with E-state index in [1.54, 1.807) is 0 Å². The third-order valence-corrected chi connectivity index (χ3v) is 6.33. The number of alkyl halides is 3. The highest BCUT2D eigenvalue weighted by Gasteiger charge is 2.31. The van der Waals surface area contributed by atoms with Crippen LogP contribution in [-0.4, -0.2) is 38.1 Å². The second-order valence-electron chi connectivity index (χ2n) is 6.52. The Labute approximate surface area is 166 Å². The molecular formula is C19H19F3N2O4S. The zero-order chi connectivity index (χ0) is 21.1. The highest BCUT2D eigenvalue weighted by molar-refractivity contribution is 7.89. The molecule has 2 aromatic carbocycles. The molecule has 0 spiro atoms. The Kier molecular flexibility index (Phi) is 6.13. The van der Waals surface area contributed by atoms with E-state index >= 15 is 0 Å². The minimum atomic E-state index is -4.79. The number of nitrogens with one attached hydrogen (secondary N) is 1. The molecule has 1 aliphatic heterocycles. The van der Waals surface area contributed by atoms with E-state index in [4.69, 9.17) is 0 Å². The summed E-state index contributed by atoms with van der Waals surface area (Å²) in [5, 5.41) is 2.53. The molecule has 0 radical (unpaired) electrons. The van der Waals surface area contributed by atoms with E-state index in [9.17, 15) is 26.4 Å². The van der Waals surface area contributed by atoms with E-state index in [1.165, 1.54) is 40.7 Å². The maximum atomic E-state index is 12.6. The number of halogens is 3. The number of hydrogen-bond donors (Lipinski definition) is 1. The van der Waals surface area contributed by atoms with E-state index < -0.39 is 28.0 Å². The number of benzene rings is 2. The summed E-state index contributed by atoms with van der Waals surface area (Å²) >= 11 is 0. The van der Waals surface area contributed by atoms with Gasteiger partial charge in [-0.05, 0) is 61.4 Å². The molecule has 1 heterocycles. The lowest BCUT2D eigenvalue weighted by atomic mass is 10.2. The van der Waals surface area contributed by atoms with Crippen molar-refractivity contribution in [2.45, 2.75) is 30.5 Å². The summed E-state index contributed by atoms with van der Waals surface area (Å²) in [7, 11) is -3.59. The van der Waals surface area contributed by atoms with Crippen LogP contribution in [-0.2, 0) is 10.0 Å². The number of amides is 1. The van der Waals surface area contributed by atoms with Gasteiger partial charge >= 0.3 is 6.36 Å². The summed E-state index contributed by atoms with van der Waals surface area (Å²) in [5.41, 5.74) is 0.493. The van der Waals surface area contributed by atoms with E-state index in [0.717, 1.165) is 31.4 Å². The Morgan fingerprint density at radius 3 is 2.07 bits per heavy atom. The molecule has 2 aromatic rings. The monoisotopic (exact) mass is 428 g/mol. The van der Waals surface area contributed by atoms with Gasteiger partial charge in [0.25, 0.3) is 5.91 Å². The SMILES string of the molecule is O=C(Nc1ccc(OC(F)(F)F)cc1)c1ccc(S(=O)(=O)N2CCCCC2)cc1. The minimum absolute atomic E-state index is 0.115. The van der Waals surface area contributed by atoms with Crippen molar-refractivity contribution in [1.29, 1.82) is 0 Å². The number of carbonyl (C=O) groups excluding carboxylic acids is 1. The van der Waals surface area contributed by atoms with Gasteiger partial charge in [0.15, 0.2) is 0 Å². The third kappa shape index (κ3) is 5.48. The maximum Gasteiger partial charge on any atom is 0.573 e. The van der Waals surface area contributed by atoms with Crippen LogP contribution in [0.4, 0.5) is 18.9 Å². The second-order valence-corrected chi connectivity index (χ2v) is 8.45. The largest absolute Gasteiger partial charge is 0.573 e. The molecule has 1 N–H and O–H groups in total. The average molecular weight is 428 g/mol. The van der Waals surface area contributed by atoms with E-state index in [-0.39, 0.29) is 16.1 Å². The van der Waals surface area contributed by atoms with E-state index in [1.807, 2.05) is 0 Å². The van der Waals surface area contributed by atoms with Crippen molar-refractivity contribution in [2.24, 2.45) is 0 Å². The van der Waals surface area contributed by atoms with Crippen LogP contribution in [0.15, 0.2) is 53.4 Å². The molecule has 0 aliphatic carbocycles. The number of nitrogens with zero attached hydrogens (tertiary/aromatic N) is 1. The van der Waals surface area contributed by atoms with Gasteiger partial charge in [-0.2, -0.15) is 4.31 Å². The van der Waals surface area contributed by atoms with Gasteiger partial charge in [0.2, 0.25) is 10.0 Å². The van der Waals surface area contributed by atoms with Crippen LogP contribution in [0.2, 0.25) is 0 Å². The summed E-state index contributed by atoms with van der Waals surface area (Å²) in [6.07, 6.45) is -2.13. The first-order valence-electron chi connectivity index (χ1n) is 8.92. The molecule has 156 valence electrons. The molecule has 1 saturated heterocycles. The van der Waals surface area contributed by atoms with Crippen LogP contribution in [0.5, 0.6) is 5.75 Å². The third-order valence-electron chi connectivity index (χ3n) is 4.42. The van der Waals surface area contributed by atoms with Crippen molar-refractivity contribution in [2.75, 3.05) is 18.4 Å². The van der Waals surface area contributed by atoms with E-state index in [2.05, 4.69) is 10.1 Å². The van der Waals surface area contributed by atoms with Gasteiger partial charge in [0.05, 0.1) is 4.90 Å². The topological polar surface area (TPSA) is 75.7 Å². The first kappa shape index (κ1) is 21.1. The Bertz CT molecular complexity index is 952. The molecule has 0 aromatic heterocycles. The molecule has 0 saturated carbocycles. The van der Waals surface area contributed by atoms with Gasteiger partial charge in [-0.1, -0.05) is 6.42 Å². The Balaban J connectivity index is 1.66. The molecule has 0 atom stereocenters. The van der Waals surface area contributed by atoms with Crippen LogP contribution in [0.1, 0.15) is 29.6 Å². The van der Waals surface area contributed by atoms with Crippen molar-refractivity contribution in [1.82, 2.24) is 4.31 Å². The molecule has 10 heteroatoms. The Morgan fingerprint density at radius 2 is 1.52 bits per heavy atom.